The van der Waals surface area contributed by atoms with Gasteiger partial charge in [0.05, 0.1) is 0 Å². The Labute approximate surface area is 199 Å². The summed E-state index contributed by atoms with van der Waals surface area (Å²) in [5.74, 6) is 1.07. The standard InChI is InChI=1S/C26H31N5O3/c32-17-25(33)29-22-8-11-31(12-9-22)16-18-1-2-20-14-23(5-3-19(20)13-18)34-26-6-4-21(15-27-26)24-7-10-28-30-24/h1-6,13-15,22,24,28,30,32H,7-12,16-17H2,(H,29,33). The van der Waals surface area contributed by atoms with E-state index in [0.29, 0.717) is 11.9 Å². The zero-order chi connectivity index (χ0) is 23.3. The molecule has 1 unspecified atom stereocenters. The van der Waals surface area contributed by atoms with Crippen LogP contribution in [-0.4, -0.2) is 53.2 Å². The summed E-state index contributed by atoms with van der Waals surface area (Å²) in [6.07, 6.45) is 4.73. The van der Waals surface area contributed by atoms with Crippen molar-refractivity contribution in [3.8, 4) is 11.6 Å². The van der Waals surface area contributed by atoms with Crippen molar-refractivity contribution in [3.63, 3.8) is 0 Å². The number of hydrazine groups is 1. The van der Waals surface area contributed by atoms with Gasteiger partial charge in [0, 0.05) is 50.5 Å². The smallest absolute Gasteiger partial charge is 0.245 e. The molecule has 8 heteroatoms. The number of aromatic nitrogens is 1. The molecule has 2 fully saturated rings. The van der Waals surface area contributed by atoms with Crippen molar-refractivity contribution in [1.29, 1.82) is 0 Å². The molecular weight excluding hydrogens is 430 g/mol. The zero-order valence-corrected chi connectivity index (χ0v) is 19.2. The number of fused-ring (bicyclic) bond motifs is 1. The summed E-state index contributed by atoms with van der Waals surface area (Å²) >= 11 is 0. The van der Waals surface area contributed by atoms with Crippen LogP contribution >= 0.6 is 0 Å². The predicted octanol–water partition coefficient (Wildman–Crippen LogP) is 2.64. The average molecular weight is 462 g/mol. The third-order valence-electron chi connectivity index (χ3n) is 6.60. The largest absolute Gasteiger partial charge is 0.439 e. The first-order chi connectivity index (χ1) is 16.7. The van der Waals surface area contributed by atoms with Crippen LogP contribution in [0.5, 0.6) is 11.6 Å². The highest BCUT2D eigenvalue weighted by Gasteiger charge is 2.20. The number of carbonyl (C=O) groups is 1. The molecule has 0 aliphatic carbocycles. The summed E-state index contributed by atoms with van der Waals surface area (Å²) in [7, 11) is 0. The highest BCUT2D eigenvalue weighted by molar-refractivity contribution is 5.84. The Hall–Kier alpha value is -3.04. The number of benzene rings is 2. The number of piperidine rings is 1. The van der Waals surface area contributed by atoms with E-state index in [-0.39, 0.29) is 11.9 Å². The lowest BCUT2D eigenvalue weighted by atomic mass is 10.0. The fourth-order valence-corrected chi connectivity index (χ4v) is 4.72. The van der Waals surface area contributed by atoms with E-state index < -0.39 is 6.61 Å². The van der Waals surface area contributed by atoms with Gasteiger partial charge >= 0.3 is 0 Å². The lowest BCUT2D eigenvalue weighted by molar-refractivity contribution is -0.124. The van der Waals surface area contributed by atoms with Crippen molar-refractivity contribution in [3.05, 3.63) is 65.9 Å². The molecule has 1 atom stereocenters. The normalized spacial score (nSPS) is 19.4. The van der Waals surface area contributed by atoms with Gasteiger partial charge in [0.1, 0.15) is 12.4 Å². The fraction of sp³-hybridized carbons (Fsp3) is 0.385. The van der Waals surface area contributed by atoms with Crippen molar-refractivity contribution in [2.45, 2.75) is 37.9 Å². The second kappa shape index (κ2) is 10.5. The Morgan fingerprint density at radius 2 is 1.91 bits per heavy atom. The predicted molar refractivity (Wildman–Crippen MR) is 130 cm³/mol. The van der Waals surface area contributed by atoms with Crippen LogP contribution in [0.1, 0.15) is 36.4 Å². The number of hydrogen-bond donors (Lipinski definition) is 4. The molecule has 2 saturated heterocycles. The van der Waals surface area contributed by atoms with Gasteiger partial charge in [-0.3, -0.25) is 20.5 Å². The fourth-order valence-electron chi connectivity index (χ4n) is 4.72. The van der Waals surface area contributed by atoms with Gasteiger partial charge in [-0.2, -0.15) is 0 Å². The van der Waals surface area contributed by atoms with Crippen molar-refractivity contribution in [1.82, 2.24) is 26.1 Å². The number of pyridine rings is 1. The molecule has 178 valence electrons. The van der Waals surface area contributed by atoms with E-state index in [1.54, 1.807) is 0 Å². The molecule has 2 aliphatic rings. The molecule has 1 aromatic heterocycles. The van der Waals surface area contributed by atoms with E-state index in [1.807, 2.05) is 24.4 Å². The maximum absolute atomic E-state index is 11.4. The van der Waals surface area contributed by atoms with Crippen LogP contribution < -0.4 is 20.9 Å². The van der Waals surface area contributed by atoms with E-state index in [0.717, 1.165) is 62.1 Å². The lowest BCUT2D eigenvalue weighted by Gasteiger charge is -2.32. The van der Waals surface area contributed by atoms with Crippen molar-refractivity contribution in [2.24, 2.45) is 0 Å². The molecule has 0 radical (unpaired) electrons. The molecular formula is C26H31N5O3. The van der Waals surface area contributed by atoms with Crippen LogP contribution in [0.2, 0.25) is 0 Å². The Kier molecular flexibility index (Phi) is 7.01. The molecule has 3 aromatic rings. The first-order valence-electron chi connectivity index (χ1n) is 11.9. The van der Waals surface area contributed by atoms with E-state index in [2.05, 4.69) is 56.4 Å². The molecule has 0 saturated carbocycles. The monoisotopic (exact) mass is 461 g/mol. The summed E-state index contributed by atoms with van der Waals surface area (Å²) in [5.41, 5.74) is 8.82. The third-order valence-corrected chi connectivity index (χ3v) is 6.60. The number of carbonyl (C=O) groups excluding carboxylic acids is 1. The maximum atomic E-state index is 11.4. The quantitative estimate of drug-likeness (QED) is 0.429. The van der Waals surface area contributed by atoms with Crippen LogP contribution in [-0.2, 0) is 11.3 Å². The highest BCUT2D eigenvalue weighted by Crippen LogP contribution is 2.27. The third kappa shape index (κ3) is 5.53. The van der Waals surface area contributed by atoms with Crippen LogP contribution in [0.4, 0.5) is 0 Å². The van der Waals surface area contributed by atoms with Gasteiger partial charge in [-0.1, -0.05) is 24.3 Å². The SMILES string of the molecule is O=C(CO)NC1CCN(Cc2ccc3cc(Oc4ccc(C5CCNN5)cn4)ccc3c2)CC1. The van der Waals surface area contributed by atoms with Gasteiger partial charge in [-0.05, 0) is 59.4 Å². The van der Waals surface area contributed by atoms with Crippen LogP contribution in [0.25, 0.3) is 10.8 Å². The molecule has 0 spiro atoms. The number of likely N-dealkylation sites (tertiary alicyclic amines) is 1. The van der Waals surface area contributed by atoms with Gasteiger partial charge in [-0.15, -0.1) is 0 Å². The van der Waals surface area contributed by atoms with E-state index in [4.69, 9.17) is 9.84 Å². The van der Waals surface area contributed by atoms with Crippen LogP contribution in [0.3, 0.4) is 0 Å². The molecule has 34 heavy (non-hydrogen) atoms. The molecule has 3 heterocycles. The number of amides is 1. The number of hydrogen-bond acceptors (Lipinski definition) is 7. The first kappa shape index (κ1) is 22.7. The molecule has 0 bridgehead atoms. The van der Waals surface area contributed by atoms with Gasteiger partial charge in [-0.25, -0.2) is 4.98 Å². The number of rotatable bonds is 7. The molecule has 1 amide bonds. The Morgan fingerprint density at radius 3 is 2.65 bits per heavy atom. The minimum absolute atomic E-state index is 0.160. The summed E-state index contributed by atoms with van der Waals surface area (Å²) in [5, 5.41) is 14.1. The molecule has 8 nitrogen and oxygen atoms in total. The second-order valence-electron chi connectivity index (χ2n) is 9.06. The summed E-state index contributed by atoms with van der Waals surface area (Å²) in [6.45, 7) is 3.27. The minimum Gasteiger partial charge on any atom is -0.439 e. The average Bonchev–Trinajstić information content (AvgIpc) is 3.41. The van der Waals surface area contributed by atoms with Crippen molar-refractivity contribution in [2.75, 3.05) is 26.2 Å². The first-order valence-corrected chi connectivity index (χ1v) is 11.9. The Morgan fingerprint density at radius 1 is 1.09 bits per heavy atom. The summed E-state index contributed by atoms with van der Waals surface area (Å²) in [4.78, 5) is 18.3. The number of nitrogens with one attached hydrogen (secondary N) is 3. The van der Waals surface area contributed by atoms with Gasteiger partial charge in [0.2, 0.25) is 11.8 Å². The van der Waals surface area contributed by atoms with Gasteiger partial charge in [0.15, 0.2) is 0 Å². The molecule has 2 aromatic carbocycles. The van der Waals surface area contributed by atoms with Crippen molar-refractivity contribution >= 4 is 16.7 Å². The van der Waals surface area contributed by atoms with Crippen LogP contribution in [0, 0.1) is 0 Å². The maximum Gasteiger partial charge on any atom is 0.245 e. The Balaban J connectivity index is 1.18. The zero-order valence-electron chi connectivity index (χ0n) is 19.2. The topological polar surface area (TPSA) is 98.8 Å². The number of aliphatic hydroxyl groups excluding tert-OH is 1. The lowest BCUT2D eigenvalue weighted by Crippen LogP contribution is -2.45. The molecule has 2 aliphatic heterocycles. The number of ether oxygens (including phenoxy) is 1. The highest BCUT2D eigenvalue weighted by atomic mass is 16.5. The second-order valence-corrected chi connectivity index (χ2v) is 9.06. The summed E-state index contributed by atoms with van der Waals surface area (Å²) in [6, 6.07) is 17.1. The van der Waals surface area contributed by atoms with Gasteiger partial charge in [0.25, 0.3) is 0 Å². The number of aliphatic hydroxyl groups is 1. The minimum atomic E-state index is -0.442. The Bertz CT molecular complexity index is 1120. The number of nitrogens with zero attached hydrogens (tertiary/aromatic N) is 2. The van der Waals surface area contributed by atoms with E-state index in [1.165, 1.54) is 10.9 Å². The molecule has 4 N–H and O–H groups in total. The van der Waals surface area contributed by atoms with Crippen LogP contribution in [0.15, 0.2) is 54.7 Å². The van der Waals surface area contributed by atoms with Gasteiger partial charge < -0.3 is 15.2 Å². The summed E-state index contributed by atoms with van der Waals surface area (Å²) < 4.78 is 6.00. The molecule has 5 rings (SSSR count). The van der Waals surface area contributed by atoms with E-state index >= 15 is 0 Å². The van der Waals surface area contributed by atoms with Crippen molar-refractivity contribution < 1.29 is 14.6 Å². The van der Waals surface area contributed by atoms with E-state index in [9.17, 15) is 4.79 Å².